The lowest BCUT2D eigenvalue weighted by atomic mass is 9.67. The van der Waals surface area contributed by atoms with Crippen molar-refractivity contribution in [1.29, 1.82) is 0 Å². The lowest BCUT2D eigenvalue weighted by molar-refractivity contribution is 0.411. The topological polar surface area (TPSA) is 0 Å². The van der Waals surface area contributed by atoms with Gasteiger partial charge in [-0.3, -0.25) is 0 Å². The second-order valence-electron chi connectivity index (χ2n) is 10.0. The molecule has 2 aliphatic rings. The van der Waals surface area contributed by atoms with Gasteiger partial charge in [0.2, 0.25) is 0 Å². The van der Waals surface area contributed by atoms with Crippen LogP contribution < -0.4 is 0 Å². The third-order valence-corrected chi connectivity index (χ3v) is 7.80. The van der Waals surface area contributed by atoms with Gasteiger partial charge >= 0.3 is 0 Å². The first-order valence-electron chi connectivity index (χ1n) is 11.1. The molecule has 4 aromatic rings. The van der Waals surface area contributed by atoms with Gasteiger partial charge in [-0.15, -0.1) is 0 Å². The Kier molecular flexibility index (Phi) is 4.04. The molecule has 4 aromatic carbocycles. The molecule has 0 fully saturated rings. The summed E-state index contributed by atoms with van der Waals surface area (Å²) in [7, 11) is 0. The summed E-state index contributed by atoms with van der Waals surface area (Å²) in [5.74, 6) is 0. The normalized spacial score (nSPS) is 15.2. The van der Waals surface area contributed by atoms with Gasteiger partial charge in [0.25, 0.3) is 0 Å². The maximum absolute atomic E-state index is 2.50. The largest absolute Gasteiger partial charge is 0.0894 e. The molecule has 0 saturated carbocycles. The zero-order chi connectivity index (χ0) is 21.2. The molecule has 0 unspecified atom stereocenters. The van der Waals surface area contributed by atoms with E-state index in [1.54, 1.807) is 0 Å². The molecular weight excluding hydrogens is 392 g/mol. The molecule has 1 heterocycles. The van der Waals surface area contributed by atoms with Crippen molar-refractivity contribution in [3.05, 3.63) is 119 Å². The monoisotopic (exact) mass is 418 g/mol. The molecular formula is C30H26S. The maximum Gasteiger partial charge on any atom is 0.0735 e. The van der Waals surface area contributed by atoms with Crippen molar-refractivity contribution in [2.45, 2.75) is 42.4 Å². The number of hydrogen-bond donors (Lipinski definition) is 0. The molecule has 0 nitrogen and oxygen atoms in total. The molecule has 0 amide bonds. The first-order chi connectivity index (χ1) is 15.0. The number of hydrogen-bond acceptors (Lipinski definition) is 1. The summed E-state index contributed by atoms with van der Waals surface area (Å²) in [5.41, 5.74) is 9.86. The number of benzene rings is 4. The van der Waals surface area contributed by atoms with Gasteiger partial charge in [0.1, 0.15) is 0 Å². The minimum atomic E-state index is -0.252. The van der Waals surface area contributed by atoms with Gasteiger partial charge < -0.3 is 0 Å². The molecule has 0 saturated heterocycles. The lowest BCUT2D eigenvalue weighted by Gasteiger charge is -2.39. The van der Waals surface area contributed by atoms with Crippen LogP contribution in [0.1, 0.15) is 48.6 Å². The van der Waals surface area contributed by atoms with Crippen LogP contribution >= 0.6 is 11.8 Å². The Labute approximate surface area is 189 Å². The molecule has 1 spiro atoms. The highest BCUT2D eigenvalue weighted by Gasteiger charge is 2.50. The first kappa shape index (κ1) is 19.0. The molecule has 0 N–H and O–H groups in total. The van der Waals surface area contributed by atoms with Crippen molar-refractivity contribution in [1.82, 2.24) is 0 Å². The summed E-state index contributed by atoms with van der Waals surface area (Å²) in [5, 5.41) is 0. The first-order valence-corrected chi connectivity index (χ1v) is 11.9. The highest BCUT2D eigenvalue weighted by atomic mass is 32.2. The molecule has 1 aliphatic heterocycles. The minimum absolute atomic E-state index is 0.252. The molecule has 0 atom stereocenters. The van der Waals surface area contributed by atoms with Gasteiger partial charge in [-0.1, -0.05) is 111 Å². The third-order valence-electron chi connectivity index (χ3n) is 6.65. The van der Waals surface area contributed by atoms with Gasteiger partial charge in [0.15, 0.2) is 0 Å². The predicted molar refractivity (Wildman–Crippen MR) is 131 cm³/mol. The van der Waals surface area contributed by atoms with E-state index >= 15 is 0 Å². The fourth-order valence-electron chi connectivity index (χ4n) is 5.62. The summed E-state index contributed by atoms with van der Waals surface area (Å²) in [4.78, 5) is 2.73. The Balaban J connectivity index is 1.75. The molecule has 31 heavy (non-hydrogen) atoms. The lowest BCUT2D eigenvalue weighted by Crippen LogP contribution is -2.32. The smallest absolute Gasteiger partial charge is 0.0735 e. The van der Waals surface area contributed by atoms with E-state index in [1.165, 1.54) is 48.7 Å². The fourth-order valence-corrected chi connectivity index (χ4v) is 6.82. The Morgan fingerprint density at radius 3 is 1.81 bits per heavy atom. The predicted octanol–water partition coefficient (Wildman–Crippen LogP) is 8.10. The highest BCUT2D eigenvalue weighted by molar-refractivity contribution is 7.99. The van der Waals surface area contributed by atoms with Crippen LogP contribution in [0.2, 0.25) is 0 Å². The Morgan fingerprint density at radius 2 is 1.16 bits per heavy atom. The fraction of sp³-hybridized carbons (Fsp3) is 0.200. The van der Waals surface area contributed by atoms with Crippen LogP contribution in [0.3, 0.4) is 0 Å². The van der Waals surface area contributed by atoms with Gasteiger partial charge in [0.05, 0.1) is 5.41 Å². The van der Waals surface area contributed by atoms with Crippen molar-refractivity contribution >= 4 is 11.8 Å². The molecule has 0 bridgehead atoms. The van der Waals surface area contributed by atoms with Crippen molar-refractivity contribution in [2.24, 2.45) is 5.41 Å². The van der Waals surface area contributed by atoms with Gasteiger partial charge in [-0.05, 0) is 62.9 Å². The molecule has 1 aliphatic carbocycles. The van der Waals surface area contributed by atoms with Gasteiger partial charge in [0, 0.05) is 9.79 Å². The molecule has 1 heteroatoms. The second-order valence-corrected chi connectivity index (χ2v) is 11.1. The van der Waals surface area contributed by atoms with E-state index in [9.17, 15) is 0 Å². The third kappa shape index (κ3) is 2.69. The number of rotatable bonds is 1. The van der Waals surface area contributed by atoms with Gasteiger partial charge in [-0.25, -0.2) is 0 Å². The van der Waals surface area contributed by atoms with E-state index in [2.05, 4.69) is 112 Å². The van der Waals surface area contributed by atoms with E-state index < -0.39 is 0 Å². The van der Waals surface area contributed by atoms with Crippen LogP contribution in [-0.2, 0) is 11.8 Å². The summed E-state index contributed by atoms with van der Waals surface area (Å²) < 4.78 is 0. The highest BCUT2D eigenvalue weighted by Crippen LogP contribution is 2.62. The van der Waals surface area contributed by atoms with E-state index in [0.29, 0.717) is 0 Å². The quantitative estimate of drug-likeness (QED) is 0.260. The molecule has 0 radical (unpaired) electrons. The summed E-state index contributed by atoms with van der Waals surface area (Å²) >= 11 is 1.91. The van der Waals surface area contributed by atoms with Crippen LogP contribution in [0, 0.1) is 5.41 Å². The van der Waals surface area contributed by atoms with Crippen molar-refractivity contribution in [3.63, 3.8) is 0 Å². The molecule has 0 aromatic heterocycles. The van der Waals surface area contributed by atoms with Crippen LogP contribution in [0.15, 0.2) is 101 Å². The molecule has 6 rings (SSSR count). The Hall–Kier alpha value is -2.77. The molecule has 152 valence electrons. The van der Waals surface area contributed by atoms with E-state index in [4.69, 9.17) is 0 Å². The SMILES string of the molecule is CC(C)(C)Cc1ccc2c(c1)C1(c3ccccc3Sc3ccccc31)c1ccccc1-2. The zero-order valence-electron chi connectivity index (χ0n) is 18.3. The maximum atomic E-state index is 2.50. The van der Waals surface area contributed by atoms with E-state index in [-0.39, 0.29) is 10.8 Å². The van der Waals surface area contributed by atoms with Crippen molar-refractivity contribution in [3.8, 4) is 11.1 Å². The van der Waals surface area contributed by atoms with Crippen LogP contribution in [0.5, 0.6) is 0 Å². The Morgan fingerprint density at radius 1 is 0.613 bits per heavy atom. The summed E-state index contributed by atoms with van der Waals surface area (Å²) in [6.45, 7) is 6.98. The minimum Gasteiger partial charge on any atom is -0.0894 e. The van der Waals surface area contributed by atoms with Gasteiger partial charge in [-0.2, -0.15) is 0 Å². The van der Waals surface area contributed by atoms with Crippen molar-refractivity contribution < 1.29 is 0 Å². The van der Waals surface area contributed by atoms with Crippen LogP contribution in [-0.4, -0.2) is 0 Å². The number of fused-ring (bicyclic) bond motifs is 9. The average Bonchev–Trinajstić information content (AvgIpc) is 3.04. The van der Waals surface area contributed by atoms with E-state index in [0.717, 1.165) is 6.42 Å². The zero-order valence-corrected chi connectivity index (χ0v) is 19.1. The summed E-state index contributed by atoms with van der Waals surface area (Å²) in [6.07, 6.45) is 1.07. The van der Waals surface area contributed by atoms with Crippen LogP contribution in [0.25, 0.3) is 11.1 Å². The Bertz CT molecular complexity index is 1280. The summed E-state index contributed by atoms with van der Waals surface area (Å²) in [6, 6.07) is 34.3. The average molecular weight is 419 g/mol. The standard InChI is InChI=1S/C30H26S/c1-29(2,3)19-20-16-17-22-21-10-4-5-11-23(21)30(26(22)18-20)24-12-6-8-14-27(24)31-28-15-9-7-13-25(28)30/h4-18H,19H2,1-3H3. The second kappa shape index (κ2) is 6.61. The van der Waals surface area contributed by atoms with Crippen molar-refractivity contribution in [2.75, 3.05) is 0 Å². The van der Waals surface area contributed by atoms with Crippen LogP contribution in [0.4, 0.5) is 0 Å². The van der Waals surface area contributed by atoms with E-state index in [1.807, 2.05) is 11.8 Å².